The van der Waals surface area contributed by atoms with Crippen molar-refractivity contribution in [2.75, 3.05) is 20.1 Å². The number of hydrogen-bond acceptors (Lipinski definition) is 2. The summed E-state index contributed by atoms with van der Waals surface area (Å²) in [5.74, 6) is 1.13. The number of nitrogens with one attached hydrogen (secondary N) is 2. The lowest BCUT2D eigenvalue weighted by Gasteiger charge is -2.28. The van der Waals surface area contributed by atoms with E-state index >= 15 is 0 Å². The molecule has 6 heteroatoms. The molecule has 1 fully saturated rings. The summed E-state index contributed by atoms with van der Waals surface area (Å²) in [6, 6.07) is 0.352. The van der Waals surface area contributed by atoms with Gasteiger partial charge >= 0.3 is 0 Å². The maximum atomic E-state index is 11.8. The first kappa shape index (κ1) is 20.5. The van der Waals surface area contributed by atoms with Gasteiger partial charge in [0, 0.05) is 38.1 Å². The Balaban J connectivity index is 0.00000400. The van der Waals surface area contributed by atoms with Crippen molar-refractivity contribution in [3.05, 3.63) is 0 Å². The van der Waals surface area contributed by atoms with Crippen molar-refractivity contribution < 1.29 is 4.79 Å². The third-order valence-corrected chi connectivity index (χ3v) is 3.51. The topological polar surface area (TPSA) is 56.7 Å². The highest BCUT2D eigenvalue weighted by Crippen LogP contribution is 2.17. The van der Waals surface area contributed by atoms with Crippen molar-refractivity contribution in [1.29, 1.82) is 0 Å². The molecule has 1 unspecified atom stereocenters. The highest BCUT2D eigenvalue weighted by atomic mass is 127. The van der Waals surface area contributed by atoms with Gasteiger partial charge < -0.3 is 15.5 Å². The summed E-state index contributed by atoms with van der Waals surface area (Å²) in [6.45, 7) is 10.2. The van der Waals surface area contributed by atoms with Crippen LogP contribution in [0.2, 0.25) is 0 Å². The number of halogens is 1. The van der Waals surface area contributed by atoms with Crippen LogP contribution in [0.3, 0.4) is 0 Å². The van der Waals surface area contributed by atoms with Gasteiger partial charge in [0.05, 0.1) is 0 Å². The molecule has 124 valence electrons. The molecule has 1 amide bonds. The van der Waals surface area contributed by atoms with Crippen LogP contribution in [0.15, 0.2) is 4.99 Å². The summed E-state index contributed by atoms with van der Waals surface area (Å²) in [5.41, 5.74) is -0.00306. The molecule has 1 atom stereocenters. The smallest absolute Gasteiger partial charge is 0.222 e. The molecule has 5 nitrogen and oxygen atoms in total. The quantitative estimate of drug-likeness (QED) is 0.416. The predicted molar refractivity (Wildman–Crippen MR) is 99.3 cm³/mol. The van der Waals surface area contributed by atoms with E-state index in [9.17, 15) is 4.79 Å². The Labute approximate surface area is 146 Å². The number of guanidine groups is 1. The van der Waals surface area contributed by atoms with E-state index in [2.05, 4.69) is 43.3 Å². The molecule has 0 spiro atoms. The fourth-order valence-electron chi connectivity index (χ4n) is 2.53. The van der Waals surface area contributed by atoms with E-state index in [0.29, 0.717) is 11.9 Å². The van der Waals surface area contributed by atoms with Gasteiger partial charge in [-0.05, 0) is 40.0 Å². The van der Waals surface area contributed by atoms with Gasteiger partial charge in [0.25, 0.3) is 0 Å². The summed E-state index contributed by atoms with van der Waals surface area (Å²) in [5, 5.41) is 6.66. The van der Waals surface area contributed by atoms with E-state index in [1.807, 2.05) is 4.90 Å². The van der Waals surface area contributed by atoms with Crippen molar-refractivity contribution in [2.24, 2.45) is 4.99 Å². The number of carbonyl (C=O) groups excluding carboxylic acids is 1. The van der Waals surface area contributed by atoms with Gasteiger partial charge in [-0.1, -0.05) is 6.92 Å². The zero-order valence-electron chi connectivity index (χ0n) is 14.0. The van der Waals surface area contributed by atoms with E-state index in [1.165, 1.54) is 0 Å². The molecule has 0 saturated carbocycles. The second kappa shape index (κ2) is 9.48. The van der Waals surface area contributed by atoms with Gasteiger partial charge in [-0.3, -0.25) is 9.79 Å². The molecular weight excluding hydrogens is 379 g/mol. The number of aliphatic imine (C=N–C) groups is 1. The van der Waals surface area contributed by atoms with E-state index in [4.69, 9.17) is 0 Å². The molecule has 0 radical (unpaired) electrons. The van der Waals surface area contributed by atoms with E-state index in [1.54, 1.807) is 7.05 Å². The molecule has 2 N–H and O–H groups in total. The van der Waals surface area contributed by atoms with Crippen LogP contribution in [-0.2, 0) is 4.79 Å². The zero-order valence-corrected chi connectivity index (χ0v) is 16.4. The lowest BCUT2D eigenvalue weighted by molar-refractivity contribution is -0.129. The monoisotopic (exact) mass is 410 g/mol. The summed E-state index contributed by atoms with van der Waals surface area (Å²) in [6.07, 6.45) is 3.71. The summed E-state index contributed by atoms with van der Waals surface area (Å²) < 4.78 is 0. The van der Waals surface area contributed by atoms with Crippen molar-refractivity contribution in [1.82, 2.24) is 15.5 Å². The molecule has 0 bridgehead atoms. The second-order valence-electron chi connectivity index (χ2n) is 6.42. The van der Waals surface area contributed by atoms with Gasteiger partial charge in [-0.2, -0.15) is 0 Å². The SMILES string of the molecule is CCC(CCNC(=NC)NC(C)(C)C)N1CCCC1=O.I. The minimum absolute atomic E-state index is 0. The van der Waals surface area contributed by atoms with Crippen LogP contribution in [-0.4, -0.2) is 48.5 Å². The number of hydrogen-bond donors (Lipinski definition) is 2. The maximum absolute atomic E-state index is 11.8. The second-order valence-corrected chi connectivity index (χ2v) is 6.42. The molecule has 1 heterocycles. The van der Waals surface area contributed by atoms with E-state index < -0.39 is 0 Å². The Morgan fingerprint density at radius 3 is 2.52 bits per heavy atom. The average Bonchev–Trinajstić information content (AvgIpc) is 2.78. The third kappa shape index (κ3) is 7.33. The Kier molecular flexibility index (Phi) is 9.24. The lowest BCUT2D eigenvalue weighted by atomic mass is 10.1. The van der Waals surface area contributed by atoms with Gasteiger partial charge in [0.2, 0.25) is 5.91 Å². The molecule has 0 aromatic heterocycles. The zero-order chi connectivity index (χ0) is 15.2. The van der Waals surface area contributed by atoms with Gasteiger partial charge in [-0.25, -0.2) is 0 Å². The Bertz CT molecular complexity index is 352. The van der Waals surface area contributed by atoms with Crippen LogP contribution in [0.4, 0.5) is 0 Å². The molecule has 1 rings (SSSR count). The predicted octanol–water partition coefficient (Wildman–Crippen LogP) is 2.36. The number of rotatable bonds is 5. The summed E-state index contributed by atoms with van der Waals surface area (Å²) >= 11 is 0. The third-order valence-electron chi connectivity index (χ3n) is 3.51. The number of likely N-dealkylation sites (tertiary alicyclic amines) is 1. The maximum Gasteiger partial charge on any atom is 0.222 e. The molecule has 1 aliphatic rings. The molecule has 21 heavy (non-hydrogen) atoms. The summed E-state index contributed by atoms with van der Waals surface area (Å²) in [7, 11) is 1.78. The van der Waals surface area contributed by atoms with Gasteiger partial charge in [-0.15, -0.1) is 24.0 Å². The summed E-state index contributed by atoms with van der Waals surface area (Å²) in [4.78, 5) is 18.1. The number of nitrogens with zero attached hydrogens (tertiary/aromatic N) is 2. The Morgan fingerprint density at radius 2 is 2.10 bits per heavy atom. The van der Waals surface area contributed by atoms with Crippen LogP contribution in [0.25, 0.3) is 0 Å². The van der Waals surface area contributed by atoms with Crippen molar-refractivity contribution in [3.63, 3.8) is 0 Å². The normalized spacial score (nSPS) is 17.5. The van der Waals surface area contributed by atoms with Gasteiger partial charge in [0.15, 0.2) is 5.96 Å². The molecule has 0 aliphatic carbocycles. The molecule has 0 aromatic carbocycles. The van der Waals surface area contributed by atoms with Crippen LogP contribution in [0, 0.1) is 0 Å². The first-order valence-electron chi connectivity index (χ1n) is 7.65. The first-order valence-corrected chi connectivity index (χ1v) is 7.65. The minimum atomic E-state index is -0.00306. The Morgan fingerprint density at radius 1 is 1.43 bits per heavy atom. The lowest BCUT2D eigenvalue weighted by Crippen LogP contribution is -2.48. The van der Waals surface area contributed by atoms with E-state index in [0.717, 1.165) is 44.7 Å². The van der Waals surface area contributed by atoms with Crippen molar-refractivity contribution in [2.45, 2.75) is 65.0 Å². The fraction of sp³-hybridized carbons (Fsp3) is 0.867. The van der Waals surface area contributed by atoms with Crippen molar-refractivity contribution >= 4 is 35.8 Å². The molecule has 1 saturated heterocycles. The number of amides is 1. The largest absolute Gasteiger partial charge is 0.356 e. The minimum Gasteiger partial charge on any atom is -0.356 e. The van der Waals surface area contributed by atoms with Crippen LogP contribution >= 0.6 is 24.0 Å². The van der Waals surface area contributed by atoms with Crippen LogP contribution in [0.5, 0.6) is 0 Å². The first-order chi connectivity index (χ1) is 9.37. The molecular formula is C15H31IN4O. The highest BCUT2D eigenvalue weighted by molar-refractivity contribution is 14.0. The average molecular weight is 410 g/mol. The highest BCUT2D eigenvalue weighted by Gasteiger charge is 2.26. The van der Waals surface area contributed by atoms with Crippen LogP contribution in [0.1, 0.15) is 53.4 Å². The molecule has 1 aliphatic heterocycles. The number of carbonyl (C=O) groups is 1. The van der Waals surface area contributed by atoms with Crippen LogP contribution < -0.4 is 10.6 Å². The fourth-order valence-corrected chi connectivity index (χ4v) is 2.53. The standard InChI is InChI=1S/C15H30N4O.HI/c1-6-12(19-11-7-8-13(19)20)9-10-17-14(16-5)18-15(2,3)4;/h12H,6-11H2,1-5H3,(H2,16,17,18);1H. The Hall–Kier alpha value is -0.530. The van der Waals surface area contributed by atoms with Gasteiger partial charge in [0.1, 0.15) is 0 Å². The van der Waals surface area contributed by atoms with Crippen molar-refractivity contribution in [3.8, 4) is 0 Å². The molecule has 0 aromatic rings. The van der Waals surface area contributed by atoms with E-state index in [-0.39, 0.29) is 29.5 Å².